The molecule has 0 bridgehead atoms. The number of nitrogens with zero attached hydrogens (tertiary/aromatic N) is 1. The van der Waals surface area contributed by atoms with Gasteiger partial charge in [-0.05, 0) is 30.7 Å². The Kier molecular flexibility index (Phi) is 8.29. The third-order valence-corrected chi connectivity index (χ3v) is 3.79. The molecule has 132 valence electrons. The molecule has 24 heavy (non-hydrogen) atoms. The lowest BCUT2D eigenvalue weighted by Crippen LogP contribution is -2.40. The number of carbonyl (C=O) groups excluding carboxylic acids is 1. The summed E-state index contributed by atoms with van der Waals surface area (Å²) in [4.78, 5) is 12.5. The molecule has 1 heterocycles. The number of methoxy groups -OCH3 is 1. The summed E-state index contributed by atoms with van der Waals surface area (Å²) in [7, 11) is 1.62. The fourth-order valence-electron chi connectivity index (χ4n) is 2.40. The first-order valence-corrected chi connectivity index (χ1v) is 7.88. The van der Waals surface area contributed by atoms with Crippen LogP contribution >= 0.6 is 12.4 Å². The normalized spacial score (nSPS) is 11.5. The molecule has 7 heteroatoms. The van der Waals surface area contributed by atoms with Gasteiger partial charge in [-0.3, -0.25) is 9.89 Å². The molecule has 0 aliphatic carbocycles. The van der Waals surface area contributed by atoms with Gasteiger partial charge < -0.3 is 15.8 Å². The lowest BCUT2D eigenvalue weighted by molar-refractivity contribution is 0.0936. The number of nitrogens with one attached hydrogen (secondary N) is 2. The first-order valence-electron chi connectivity index (χ1n) is 7.88. The Hall–Kier alpha value is -2.05. The van der Waals surface area contributed by atoms with E-state index in [0.717, 1.165) is 30.6 Å². The summed E-state index contributed by atoms with van der Waals surface area (Å²) in [6.07, 6.45) is 4.55. The van der Waals surface area contributed by atoms with Gasteiger partial charge in [-0.2, -0.15) is 5.10 Å². The summed E-state index contributed by atoms with van der Waals surface area (Å²) in [5.74, 6) is 0.609. The van der Waals surface area contributed by atoms with Crippen LogP contribution in [0, 0.1) is 0 Å². The van der Waals surface area contributed by atoms with Crippen LogP contribution < -0.4 is 15.8 Å². The summed E-state index contributed by atoms with van der Waals surface area (Å²) in [5, 5.41) is 9.89. The average molecular weight is 353 g/mol. The van der Waals surface area contributed by atoms with Crippen LogP contribution in [0.5, 0.6) is 5.75 Å². The summed E-state index contributed by atoms with van der Waals surface area (Å²) >= 11 is 0. The van der Waals surface area contributed by atoms with Crippen LogP contribution in [0.15, 0.2) is 30.5 Å². The van der Waals surface area contributed by atoms with Crippen molar-refractivity contribution < 1.29 is 9.53 Å². The molecule has 2 aromatic rings. The molecule has 6 nitrogen and oxygen atoms in total. The molecule has 2 rings (SSSR count). The van der Waals surface area contributed by atoms with E-state index in [-0.39, 0.29) is 24.4 Å². The zero-order chi connectivity index (χ0) is 16.7. The minimum atomic E-state index is -0.156. The molecule has 4 N–H and O–H groups in total. The van der Waals surface area contributed by atoms with Crippen molar-refractivity contribution in [3.63, 3.8) is 0 Å². The SMILES string of the molecule is CCCCC(CN)NC(=O)c1cn[nH]c1-c1ccc(OC)cc1.Cl. The molecule has 1 unspecified atom stereocenters. The van der Waals surface area contributed by atoms with Crippen LogP contribution in [0.4, 0.5) is 0 Å². The molecular weight excluding hydrogens is 328 g/mol. The van der Waals surface area contributed by atoms with Crippen molar-refractivity contribution in [3.05, 3.63) is 36.0 Å². The van der Waals surface area contributed by atoms with Crippen molar-refractivity contribution in [2.75, 3.05) is 13.7 Å². The number of hydrogen-bond donors (Lipinski definition) is 3. The van der Waals surface area contributed by atoms with Crippen molar-refractivity contribution in [3.8, 4) is 17.0 Å². The monoisotopic (exact) mass is 352 g/mol. The van der Waals surface area contributed by atoms with E-state index in [1.54, 1.807) is 13.3 Å². The third-order valence-electron chi connectivity index (χ3n) is 3.79. The van der Waals surface area contributed by atoms with Crippen molar-refractivity contribution in [1.82, 2.24) is 15.5 Å². The molecule has 0 radical (unpaired) electrons. The number of hydrogen-bond acceptors (Lipinski definition) is 4. The molecule has 1 aromatic carbocycles. The van der Waals surface area contributed by atoms with Crippen molar-refractivity contribution in [1.29, 1.82) is 0 Å². The Balaban J connectivity index is 0.00000288. The highest BCUT2D eigenvalue weighted by molar-refractivity contribution is 5.99. The Morgan fingerprint density at radius 1 is 1.38 bits per heavy atom. The van der Waals surface area contributed by atoms with E-state index < -0.39 is 0 Å². The smallest absolute Gasteiger partial charge is 0.255 e. The second-order valence-corrected chi connectivity index (χ2v) is 5.44. The van der Waals surface area contributed by atoms with Crippen LogP contribution in [0.3, 0.4) is 0 Å². The van der Waals surface area contributed by atoms with Crippen LogP contribution in [0.1, 0.15) is 36.5 Å². The molecule has 0 saturated carbocycles. The van der Waals surface area contributed by atoms with E-state index in [2.05, 4.69) is 22.4 Å². The van der Waals surface area contributed by atoms with Gasteiger partial charge in [0.15, 0.2) is 0 Å². The van der Waals surface area contributed by atoms with Crippen LogP contribution in [-0.4, -0.2) is 35.8 Å². The molecule has 0 spiro atoms. The number of ether oxygens (including phenoxy) is 1. The van der Waals surface area contributed by atoms with Crippen molar-refractivity contribution in [2.24, 2.45) is 5.73 Å². The topological polar surface area (TPSA) is 93.0 Å². The quantitative estimate of drug-likeness (QED) is 0.681. The fraction of sp³-hybridized carbons (Fsp3) is 0.412. The standard InChI is InChI=1S/C17H24N4O2.ClH/c1-3-4-5-13(10-18)20-17(22)15-11-19-21-16(15)12-6-8-14(23-2)9-7-12;/h6-9,11,13H,3-5,10,18H2,1-2H3,(H,19,21)(H,20,22);1H. The van der Waals surface area contributed by atoms with E-state index in [1.165, 1.54) is 0 Å². The van der Waals surface area contributed by atoms with E-state index in [9.17, 15) is 4.79 Å². The number of unbranched alkanes of at least 4 members (excludes halogenated alkanes) is 1. The number of rotatable bonds is 8. The fourth-order valence-corrected chi connectivity index (χ4v) is 2.40. The van der Waals surface area contributed by atoms with Crippen LogP contribution in [0.2, 0.25) is 0 Å². The van der Waals surface area contributed by atoms with Gasteiger partial charge in [-0.25, -0.2) is 0 Å². The summed E-state index contributed by atoms with van der Waals surface area (Å²) < 4.78 is 5.15. The minimum Gasteiger partial charge on any atom is -0.497 e. The number of nitrogens with two attached hydrogens (primary N) is 1. The first kappa shape index (κ1) is 20.0. The molecule has 0 fully saturated rings. The van der Waals surface area contributed by atoms with Gasteiger partial charge in [0.1, 0.15) is 5.75 Å². The Bertz CT molecular complexity index is 628. The van der Waals surface area contributed by atoms with Crippen LogP contribution in [-0.2, 0) is 0 Å². The summed E-state index contributed by atoms with van der Waals surface area (Å²) in [6, 6.07) is 7.46. The lowest BCUT2D eigenvalue weighted by Gasteiger charge is -2.16. The van der Waals surface area contributed by atoms with Gasteiger partial charge in [-0.15, -0.1) is 12.4 Å². The number of halogens is 1. The lowest BCUT2D eigenvalue weighted by atomic mass is 10.1. The highest BCUT2D eigenvalue weighted by atomic mass is 35.5. The minimum absolute atomic E-state index is 0. The van der Waals surface area contributed by atoms with Crippen LogP contribution in [0.25, 0.3) is 11.3 Å². The van der Waals surface area contributed by atoms with E-state index in [4.69, 9.17) is 10.5 Å². The van der Waals surface area contributed by atoms with Gasteiger partial charge in [0.25, 0.3) is 5.91 Å². The largest absolute Gasteiger partial charge is 0.497 e. The Labute approximate surface area is 148 Å². The highest BCUT2D eigenvalue weighted by Crippen LogP contribution is 2.23. The van der Waals surface area contributed by atoms with Crippen molar-refractivity contribution >= 4 is 18.3 Å². The number of benzene rings is 1. The highest BCUT2D eigenvalue weighted by Gasteiger charge is 2.18. The van der Waals surface area contributed by atoms with E-state index >= 15 is 0 Å². The average Bonchev–Trinajstić information content (AvgIpc) is 3.08. The number of carbonyl (C=O) groups is 1. The summed E-state index contributed by atoms with van der Waals surface area (Å²) in [6.45, 7) is 2.55. The van der Waals surface area contributed by atoms with E-state index in [0.29, 0.717) is 17.8 Å². The number of H-pyrrole nitrogens is 1. The molecule has 0 saturated heterocycles. The third kappa shape index (κ3) is 4.97. The van der Waals surface area contributed by atoms with Gasteiger partial charge in [0.2, 0.25) is 0 Å². The molecule has 1 atom stereocenters. The molecule has 1 aromatic heterocycles. The molecule has 0 aliphatic rings. The molecule has 1 amide bonds. The predicted octanol–water partition coefficient (Wildman–Crippen LogP) is 2.75. The molecular formula is C17H25ClN4O2. The zero-order valence-corrected chi connectivity index (χ0v) is 14.9. The Morgan fingerprint density at radius 2 is 2.08 bits per heavy atom. The zero-order valence-electron chi connectivity index (χ0n) is 14.0. The van der Waals surface area contributed by atoms with E-state index in [1.807, 2.05) is 24.3 Å². The van der Waals surface area contributed by atoms with Gasteiger partial charge in [0.05, 0.1) is 24.6 Å². The second kappa shape index (κ2) is 9.95. The maximum absolute atomic E-state index is 12.5. The number of aromatic amines is 1. The maximum Gasteiger partial charge on any atom is 0.255 e. The number of aromatic nitrogens is 2. The second-order valence-electron chi connectivity index (χ2n) is 5.44. The van der Waals surface area contributed by atoms with Gasteiger partial charge in [0, 0.05) is 18.2 Å². The summed E-state index contributed by atoms with van der Waals surface area (Å²) in [5.41, 5.74) is 7.83. The first-order chi connectivity index (χ1) is 11.2. The Morgan fingerprint density at radius 3 is 2.67 bits per heavy atom. The molecule has 0 aliphatic heterocycles. The number of amides is 1. The van der Waals surface area contributed by atoms with Crippen molar-refractivity contribution in [2.45, 2.75) is 32.2 Å². The van der Waals surface area contributed by atoms with Gasteiger partial charge >= 0.3 is 0 Å². The maximum atomic E-state index is 12.5. The van der Waals surface area contributed by atoms with Gasteiger partial charge in [-0.1, -0.05) is 19.8 Å². The predicted molar refractivity (Wildman–Crippen MR) is 97.7 cm³/mol.